The molecule has 2 aliphatic rings. The van der Waals surface area contributed by atoms with Gasteiger partial charge in [-0.05, 0) is 30.4 Å². The smallest absolute Gasteiger partial charge is 0.475 e. The third-order valence-corrected chi connectivity index (χ3v) is 5.36. The van der Waals surface area contributed by atoms with Crippen LogP contribution in [-0.2, 0) is 14.3 Å². The van der Waals surface area contributed by atoms with Gasteiger partial charge in [0.15, 0.2) is 11.4 Å². The molecule has 0 unspecified atom stereocenters. The van der Waals surface area contributed by atoms with Crippen LogP contribution in [0.3, 0.4) is 0 Å². The van der Waals surface area contributed by atoms with Crippen molar-refractivity contribution in [2.24, 2.45) is 0 Å². The predicted octanol–water partition coefficient (Wildman–Crippen LogP) is -0.133. The van der Waals surface area contributed by atoms with Gasteiger partial charge in [0, 0.05) is 12.6 Å². The van der Waals surface area contributed by atoms with E-state index in [2.05, 4.69) is 26.2 Å². The summed E-state index contributed by atoms with van der Waals surface area (Å²) >= 11 is 3.07. The fraction of sp³-hybridized carbons (Fsp3) is 0.556. The molecule has 0 aliphatic carbocycles. The molecule has 4 atom stereocenters. The van der Waals surface area contributed by atoms with Gasteiger partial charge in [0.05, 0.1) is 18.2 Å². The van der Waals surface area contributed by atoms with Crippen LogP contribution >= 0.6 is 15.9 Å². The van der Waals surface area contributed by atoms with Gasteiger partial charge in [-0.1, -0.05) is 15.9 Å². The molecule has 3 rings (SSSR count). The number of carbonyl (C=O) groups is 2. The van der Waals surface area contributed by atoms with E-state index in [0.717, 1.165) is 11.0 Å². The topological polar surface area (TPSA) is 171 Å². The molecular formula is C18H21BrF3N3O8. The molecule has 3 heterocycles. The number of carbonyl (C=O) groups excluding carboxylic acids is 1. The highest BCUT2D eigenvalue weighted by molar-refractivity contribution is 9.11. The molecule has 0 saturated carbocycles. The maximum Gasteiger partial charge on any atom is 0.490 e. The van der Waals surface area contributed by atoms with Gasteiger partial charge >= 0.3 is 17.8 Å². The molecule has 0 aromatic carbocycles. The number of alkyl halides is 3. The summed E-state index contributed by atoms with van der Waals surface area (Å²) in [6.07, 6.45) is -3.26. The van der Waals surface area contributed by atoms with Crippen LogP contribution in [0.25, 0.3) is 6.08 Å². The Balaban J connectivity index is 0.000000479. The van der Waals surface area contributed by atoms with Crippen molar-refractivity contribution in [3.8, 4) is 0 Å². The molecule has 1 aromatic rings. The third kappa shape index (κ3) is 6.17. The Hall–Kier alpha value is -2.33. The lowest BCUT2D eigenvalue weighted by atomic mass is 9.86. The summed E-state index contributed by atoms with van der Waals surface area (Å²) in [6, 6.07) is -0.504. The van der Waals surface area contributed by atoms with Crippen LogP contribution in [0.2, 0.25) is 0 Å². The molecule has 2 saturated heterocycles. The number of rotatable bonds is 5. The number of ether oxygens (including phenoxy) is 1. The number of hydrogen-bond acceptors (Lipinski definition) is 8. The fourth-order valence-electron chi connectivity index (χ4n) is 3.48. The number of aliphatic hydroxyl groups excluding tert-OH is 1. The highest BCUT2D eigenvalue weighted by Gasteiger charge is 2.55. The molecule has 5 N–H and O–H groups in total. The van der Waals surface area contributed by atoms with Crippen molar-refractivity contribution in [2.75, 3.05) is 13.2 Å². The summed E-state index contributed by atoms with van der Waals surface area (Å²) < 4.78 is 38.5. The number of aliphatic hydroxyl groups is 2. The summed E-state index contributed by atoms with van der Waals surface area (Å²) in [7, 11) is 0. The highest BCUT2D eigenvalue weighted by atomic mass is 79.9. The van der Waals surface area contributed by atoms with Crippen LogP contribution < -0.4 is 16.6 Å². The zero-order valence-corrected chi connectivity index (χ0v) is 18.4. The van der Waals surface area contributed by atoms with Gasteiger partial charge < -0.3 is 25.4 Å². The molecule has 33 heavy (non-hydrogen) atoms. The third-order valence-electron chi connectivity index (χ3n) is 5.10. The van der Waals surface area contributed by atoms with Crippen molar-refractivity contribution in [3.05, 3.63) is 37.6 Å². The lowest BCUT2D eigenvalue weighted by Gasteiger charge is -2.28. The van der Waals surface area contributed by atoms with E-state index in [1.165, 1.54) is 17.3 Å². The Kier molecular flexibility index (Phi) is 8.75. The average molecular weight is 544 g/mol. The number of aromatic amines is 1. The fourth-order valence-corrected chi connectivity index (χ4v) is 3.76. The first kappa shape index (κ1) is 26.9. The van der Waals surface area contributed by atoms with Crippen LogP contribution in [0, 0.1) is 0 Å². The summed E-state index contributed by atoms with van der Waals surface area (Å²) in [4.78, 5) is 49.2. The molecule has 0 amide bonds. The van der Waals surface area contributed by atoms with Crippen LogP contribution in [0.4, 0.5) is 13.2 Å². The SMILES string of the molecule is O=C(O)C(F)(F)F.O=C([C@@H]1CCCN1)[C@]1(O)C[C@H](n2cc(/C=C/Br)c(=O)[nH]c2=O)O[C@@H]1CO. The van der Waals surface area contributed by atoms with Gasteiger partial charge in [0.2, 0.25) is 0 Å². The van der Waals surface area contributed by atoms with E-state index >= 15 is 0 Å². The largest absolute Gasteiger partial charge is 0.490 e. The van der Waals surface area contributed by atoms with Crippen molar-refractivity contribution >= 4 is 33.8 Å². The number of aliphatic carboxylic acids is 1. The number of hydrogen-bond donors (Lipinski definition) is 5. The standard InChI is InChI=1S/C16H20BrN3O6.C2HF3O2/c17-4-3-9-7-20(15(24)19-14(9)23)12-6-16(25,11(8-21)26-12)13(22)10-2-1-5-18-10;3-2(4,5)1(6)7/h3-4,7,10-12,18,21,25H,1-2,5-6,8H2,(H,19,23,24);(H,6,7)/b4-3+;/t10-,11+,12+,16-;/m0./s1. The van der Waals surface area contributed by atoms with Gasteiger partial charge in [-0.2, -0.15) is 13.2 Å². The highest BCUT2D eigenvalue weighted by Crippen LogP contribution is 2.38. The molecular weight excluding hydrogens is 523 g/mol. The Morgan fingerprint density at radius 2 is 2.00 bits per heavy atom. The van der Waals surface area contributed by atoms with Crippen LogP contribution in [-0.4, -0.2) is 73.7 Å². The molecule has 0 radical (unpaired) electrons. The molecule has 0 bridgehead atoms. The van der Waals surface area contributed by atoms with Crippen molar-refractivity contribution < 1.29 is 42.8 Å². The predicted molar refractivity (Wildman–Crippen MR) is 110 cm³/mol. The first-order valence-corrected chi connectivity index (χ1v) is 10.5. The summed E-state index contributed by atoms with van der Waals surface area (Å²) in [5.41, 5.74) is -3.01. The van der Waals surface area contributed by atoms with E-state index in [1.807, 2.05) is 0 Å². The Labute approximate surface area is 192 Å². The van der Waals surface area contributed by atoms with Gasteiger partial charge in [-0.3, -0.25) is 19.1 Å². The number of aromatic nitrogens is 2. The normalized spacial score (nSPS) is 27.4. The van der Waals surface area contributed by atoms with Crippen molar-refractivity contribution in [1.82, 2.24) is 14.9 Å². The molecule has 1 aromatic heterocycles. The van der Waals surface area contributed by atoms with E-state index in [4.69, 9.17) is 14.6 Å². The summed E-state index contributed by atoms with van der Waals surface area (Å²) in [6.45, 7) is 0.111. The second-order valence-electron chi connectivity index (χ2n) is 7.25. The maximum atomic E-state index is 12.8. The average Bonchev–Trinajstić information content (AvgIpc) is 3.38. The molecule has 15 heteroatoms. The first-order valence-electron chi connectivity index (χ1n) is 9.54. The number of H-pyrrole nitrogens is 1. The first-order chi connectivity index (χ1) is 15.3. The van der Waals surface area contributed by atoms with Crippen LogP contribution in [0.15, 0.2) is 20.8 Å². The van der Waals surface area contributed by atoms with E-state index in [0.29, 0.717) is 13.0 Å². The lowest BCUT2D eigenvalue weighted by molar-refractivity contribution is -0.192. The number of Topliss-reactive ketones (excluding diaryl/α,β-unsaturated/α-hetero) is 1. The summed E-state index contributed by atoms with van der Waals surface area (Å²) in [5, 5.41) is 30.7. The number of halogens is 4. The van der Waals surface area contributed by atoms with Crippen molar-refractivity contribution in [3.63, 3.8) is 0 Å². The number of carboxylic acids is 1. The monoisotopic (exact) mass is 543 g/mol. The zero-order chi connectivity index (χ0) is 25.0. The van der Waals surface area contributed by atoms with Gasteiger partial charge in [-0.25, -0.2) is 9.59 Å². The molecule has 11 nitrogen and oxygen atoms in total. The van der Waals surface area contributed by atoms with E-state index < -0.39 is 59.8 Å². The minimum Gasteiger partial charge on any atom is -0.475 e. The second-order valence-corrected chi connectivity index (χ2v) is 7.78. The minimum absolute atomic E-state index is 0.196. The lowest BCUT2D eigenvalue weighted by Crippen LogP contribution is -2.54. The minimum atomic E-state index is -5.08. The zero-order valence-electron chi connectivity index (χ0n) is 16.8. The van der Waals surface area contributed by atoms with Crippen molar-refractivity contribution in [2.45, 2.75) is 49.4 Å². The number of nitrogens with one attached hydrogen (secondary N) is 2. The number of ketones is 1. The Morgan fingerprint density at radius 3 is 2.48 bits per heavy atom. The number of nitrogens with zero attached hydrogens (tertiary/aromatic N) is 1. The molecule has 2 fully saturated rings. The second kappa shape index (κ2) is 10.7. The van der Waals surface area contributed by atoms with Crippen molar-refractivity contribution in [1.29, 1.82) is 0 Å². The van der Waals surface area contributed by atoms with E-state index in [1.54, 1.807) is 0 Å². The maximum absolute atomic E-state index is 12.8. The molecule has 0 spiro atoms. The Morgan fingerprint density at radius 1 is 1.36 bits per heavy atom. The van der Waals surface area contributed by atoms with Gasteiger partial charge in [0.25, 0.3) is 5.56 Å². The van der Waals surface area contributed by atoms with Gasteiger partial charge in [0.1, 0.15) is 12.3 Å². The van der Waals surface area contributed by atoms with E-state index in [9.17, 15) is 37.8 Å². The Bertz CT molecular complexity index is 1020. The van der Waals surface area contributed by atoms with E-state index in [-0.39, 0.29) is 12.0 Å². The summed E-state index contributed by atoms with van der Waals surface area (Å²) in [5.74, 6) is -3.21. The number of carboxylic acid groups (broad SMARTS) is 1. The van der Waals surface area contributed by atoms with Crippen LogP contribution in [0.5, 0.6) is 0 Å². The molecule has 2 aliphatic heterocycles. The van der Waals surface area contributed by atoms with Gasteiger partial charge in [-0.15, -0.1) is 0 Å². The molecule has 184 valence electrons. The quantitative estimate of drug-likeness (QED) is 0.339. The van der Waals surface area contributed by atoms with Crippen LogP contribution in [0.1, 0.15) is 31.1 Å².